The van der Waals surface area contributed by atoms with Crippen molar-refractivity contribution in [2.75, 3.05) is 0 Å². The van der Waals surface area contributed by atoms with Crippen LogP contribution in [-0.2, 0) is 9.53 Å². The fourth-order valence-corrected chi connectivity index (χ4v) is 3.48. The number of nitrogens with zero attached hydrogens (tertiary/aromatic N) is 1. The zero-order chi connectivity index (χ0) is 24.7. The molecule has 0 heterocycles. The average Bonchev–Trinajstić information content (AvgIpc) is 2.78. The second-order valence-electron chi connectivity index (χ2n) is 7.77. The van der Waals surface area contributed by atoms with Crippen molar-refractivity contribution in [2.24, 2.45) is 5.92 Å². The summed E-state index contributed by atoms with van der Waals surface area (Å²) < 4.78 is 41.4. The summed E-state index contributed by atoms with van der Waals surface area (Å²) in [6.45, 7) is 3.64. The number of rotatable bonds is 9. The number of carbonyl (C=O) groups is 1. The van der Waals surface area contributed by atoms with Gasteiger partial charge in [-0.15, -0.1) is 8.78 Å². The first kappa shape index (κ1) is 25.0. The second kappa shape index (κ2) is 11.0. The van der Waals surface area contributed by atoms with Crippen LogP contribution in [-0.4, -0.2) is 11.5 Å². The number of hydrogen-bond acceptors (Lipinski definition) is 5. The molecule has 0 aliphatic rings. The van der Waals surface area contributed by atoms with Crippen molar-refractivity contribution in [1.29, 1.82) is 5.26 Å². The van der Waals surface area contributed by atoms with E-state index >= 15 is 0 Å². The number of nitriles is 1. The normalized spacial score (nSPS) is 13.0. The molecule has 0 spiro atoms. The molecule has 0 amide bonds. The van der Waals surface area contributed by atoms with Gasteiger partial charge in [0, 0.05) is 17.2 Å². The maximum Gasteiger partial charge on any atom is 0.487 e. The molecule has 0 fully saturated rings. The largest absolute Gasteiger partial charge is 0.487 e. The Bertz CT molecular complexity index is 1140. The Morgan fingerprint density at radius 2 is 1.56 bits per heavy atom. The van der Waals surface area contributed by atoms with Gasteiger partial charge in [-0.2, -0.15) is 5.26 Å². The van der Waals surface area contributed by atoms with Gasteiger partial charge < -0.3 is 14.2 Å². The molecule has 3 aromatic rings. The van der Waals surface area contributed by atoms with Crippen molar-refractivity contribution in [3.63, 3.8) is 0 Å². The van der Waals surface area contributed by atoms with Crippen LogP contribution < -0.4 is 9.47 Å². The Balaban J connectivity index is 1.76. The van der Waals surface area contributed by atoms with Crippen molar-refractivity contribution in [3.8, 4) is 23.3 Å². The Labute approximate surface area is 201 Å². The average molecular weight is 486 g/mol. The van der Waals surface area contributed by atoms with E-state index in [1.54, 1.807) is 36.4 Å². The lowest BCUT2D eigenvalue weighted by Gasteiger charge is -2.22. The molecular weight excluding hydrogens is 464 g/mol. The summed E-state index contributed by atoms with van der Waals surface area (Å²) >= 11 is 4.79. The number of carbonyl (C=O) groups excluding carboxylic acids is 1. The van der Waals surface area contributed by atoms with Crippen LogP contribution in [0.2, 0.25) is 0 Å². The highest BCUT2D eigenvalue weighted by Crippen LogP contribution is 2.32. The van der Waals surface area contributed by atoms with E-state index in [-0.39, 0.29) is 11.7 Å². The third kappa shape index (κ3) is 6.93. The lowest BCUT2D eigenvalue weighted by atomic mass is 9.88. The number of ether oxygens (including phenoxy) is 3. The van der Waals surface area contributed by atoms with Crippen LogP contribution in [0.5, 0.6) is 17.2 Å². The molecule has 34 heavy (non-hydrogen) atoms. The van der Waals surface area contributed by atoms with Gasteiger partial charge in [-0.25, -0.2) is 0 Å². The van der Waals surface area contributed by atoms with E-state index in [0.29, 0.717) is 22.6 Å². The number of halogens is 3. The molecule has 3 rings (SSSR count). The molecule has 0 aromatic heterocycles. The third-order valence-electron chi connectivity index (χ3n) is 4.88. The summed E-state index contributed by atoms with van der Waals surface area (Å²) in [6.07, 6.45) is -1.16. The van der Waals surface area contributed by atoms with E-state index < -0.39 is 23.6 Å². The van der Waals surface area contributed by atoms with Gasteiger partial charge in [0.2, 0.25) is 6.10 Å². The minimum atomic E-state index is -3.84. The van der Waals surface area contributed by atoms with Crippen molar-refractivity contribution in [3.05, 3.63) is 90.0 Å². The highest BCUT2D eigenvalue weighted by molar-refractivity contribution is 6.20. The molecule has 0 radical (unpaired) electrons. The minimum absolute atomic E-state index is 0.148. The van der Waals surface area contributed by atoms with Crippen LogP contribution in [0.25, 0.3) is 0 Å². The number of hydrogen-bond donors (Lipinski definition) is 0. The summed E-state index contributed by atoms with van der Waals surface area (Å²) in [5.74, 6) is -0.570. The maximum atomic E-state index is 13.0. The number of para-hydroxylation sites is 1. The molecule has 0 aliphatic heterocycles. The first-order valence-electron chi connectivity index (χ1n) is 10.4. The molecule has 5 nitrogen and oxygen atoms in total. The van der Waals surface area contributed by atoms with E-state index in [4.69, 9.17) is 21.1 Å². The van der Waals surface area contributed by atoms with Gasteiger partial charge >= 0.3 is 11.5 Å². The Kier molecular flexibility index (Phi) is 8.08. The second-order valence-corrected chi connectivity index (χ2v) is 8.21. The van der Waals surface area contributed by atoms with Crippen LogP contribution in [0.1, 0.15) is 37.0 Å². The molecular formula is C26H22ClF2NO4. The molecule has 0 saturated carbocycles. The number of alkyl halides is 3. The number of benzene rings is 3. The van der Waals surface area contributed by atoms with Gasteiger partial charge in [0.15, 0.2) is 0 Å². The van der Waals surface area contributed by atoms with Crippen LogP contribution in [0.4, 0.5) is 8.78 Å². The Morgan fingerprint density at radius 1 is 0.912 bits per heavy atom. The molecule has 0 bridgehead atoms. The fraction of sp³-hybridized carbons (Fsp3) is 0.231. The fourth-order valence-electron chi connectivity index (χ4n) is 3.39. The SMILES string of the molecule is CC(C)C(C(=O)OC(C#N)c1cccc(Oc2ccccc2)c1)c1ccc(OC(F)(F)Cl)cc1. The van der Waals surface area contributed by atoms with Gasteiger partial charge in [-0.05, 0) is 47.9 Å². The Hall–Kier alpha value is -3.63. The van der Waals surface area contributed by atoms with E-state index in [1.807, 2.05) is 38.1 Å². The minimum Gasteiger partial charge on any atom is -0.457 e. The molecule has 176 valence electrons. The first-order chi connectivity index (χ1) is 16.2. The zero-order valence-corrected chi connectivity index (χ0v) is 19.2. The maximum absolute atomic E-state index is 13.0. The monoisotopic (exact) mass is 485 g/mol. The summed E-state index contributed by atoms with van der Waals surface area (Å²) in [4.78, 5) is 13.0. The standard InChI is InChI=1S/C26H22ClF2NO4/c1-17(2)24(18-11-13-21(14-12-18)34-26(27,28)29)25(31)33-23(16-30)19-7-6-10-22(15-19)32-20-8-4-3-5-9-20/h3-15,17,23-24H,1-2H3. The quantitative estimate of drug-likeness (QED) is 0.237. The summed E-state index contributed by atoms with van der Waals surface area (Å²) in [7, 11) is 0. The first-order valence-corrected chi connectivity index (χ1v) is 10.8. The molecule has 0 saturated heterocycles. The van der Waals surface area contributed by atoms with Crippen molar-refractivity contribution in [1.82, 2.24) is 0 Å². The predicted molar refractivity (Wildman–Crippen MR) is 123 cm³/mol. The van der Waals surface area contributed by atoms with Gasteiger partial charge in [0.05, 0.1) is 5.92 Å². The summed E-state index contributed by atoms with van der Waals surface area (Å²) in [5.41, 5.74) is -2.85. The predicted octanol–water partition coefficient (Wildman–Crippen LogP) is 7.19. The highest BCUT2D eigenvalue weighted by Gasteiger charge is 2.30. The van der Waals surface area contributed by atoms with Crippen LogP contribution in [0.15, 0.2) is 78.9 Å². The Morgan fingerprint density at radius 3 is 2.15 bits per heavy atom. The molecule has 0 aliphatic carbocycles. The molecule has 2 atom stereocenters. The van der Waals surface area contributed by atoms with Crippen molar-refractivity contribution < 1.29 is 27.8 Å². The van der Waals surface area contributed by atoms with E-state index in [2.05, 4.69) is 4.74 Å². The topological polar surface area (TPSA) is 68.6 Å². The van der Waals surface area contributed by atoms with Crippen LogP contribution in [0.3, 0.4) is 0 Å². The molecule has 0 N–H and O–H groups in total. The lowest BCUT2D eigenvalue weighted by Crippen LogP contribution is -2.23. The summed E-state index contributed by atoms with van der Waals surface area (Å²) in [6, 6.07) is 23.4. The van der Waals surface area contributed by atoms with Gasteiger partial charge in [0.25, 0.3) is 0 Å². The summed E-state index contributed by atoms with van der Waals surface area (Å²) in [5, 5.41) is 9.68. The van der Waals surface area contributed by atoms with Gasteiger partial charge in [0.1, 0.15) is 23.3 Å². The molecule has 2 unspecified atom stereocenters. The lowest BCUT2D eigenvalue weighted by molar-refractivity contribution is -0.150. The molecule has 8 heteroatoms. The third-order valence-corrected chi connectivity index (χ3v) is 4.96. The van der Waals surface area contributed by atoms with Gasteiger partial charge in [-0.1, -0.05) is 56.3 Å². The molecule has 3 aromatic carbocycles. The van der Waals surface area contributed by atoms with Crippen molar-refractivity contribution in [2.45, 2.75) is 31.4 Å². The van der Waals surface area contributed by atoms with E-state index in [1.165, 1.54) is 24.3 Å². The van der Waals surface area contributed by atoms with Crippen molar-refractivity contribution >= 4 is 17.6 Å². The number of esters is 1. The van der Waals surface area contributed by atoms with Crippen LogP contribution in [0, 0.1) is 17.2 Å². The zero-order valence-electron chi connectivity index (χ0n) is 18.5. The van der Waals surface area contributed by atoms with E-state index in [9.17, 15) is 18.8 Å². The smallest absolute Gasteiger partial charge is 0.457 e. The highest BCUT2D eigenvalue weighted by atomic mass is 35.5. The van der Waals surface area contributed by atoms with Crippen LogP contribution >= 0.6 is 11.6 Å². The van der Waals surface area contributed by atoms with E-state index in [0.717, 1.165) is 0 Å². The van der Waals surface area contributed by atoms with Gasteiger partial charge in [-0.3, -0.25) is 4.79 Å².